The number of hydrogen-bond acceptors (Lipinski definition) is 3. The minimum Gasteiger partial charge on any atom is -0.478 e. The average molecular weight is 223 g/mol. The smallest absolute Gasteiger partial charge is 0.339 e. The summed E-state index contributed by atoms with van der Waals surface area (Å²) in [7, 11) is 0. The van der Waals surface area contributed by atoms with Crippen molar-refractivity contribution in [1.29, 1.82) is 0 Å². The van der Waals surface area contributed by atoms with Gasteiger partial charge in [0.15, 0.2) is 5.69 Å². The fourth-order valence-electron chi connectivity index (χ4n) is 1.79. The van der Waals surface area contributed by atoms with Crippen molar-refractivity contribution < 1.29 is 14.7 Å². The maximum Gasteiger partial charge on any atom is 0.339 e. The third kappa shape index (κ3) is 1.91. The van der Waals surface area contributed by atoms with Gasteiger partial charge in [-0.25, -0.2) is 4.79 Å². The maximum absolute atomic E-state index is 11.0. The van der Waals surface area contributed by atoms with E-state index in [-0.39, 0.29) is 11.3 Å². The number of aromatic carboxylic acids is 1. The van der Waals surface area contributed by atoms with E-state index in [1.165, 1.54) is 17.3 Å². The quantitative estimate of drug-likeness (QED) is 0.775. The van der Waals surface area contributed by atoms with E-state index in [9.17, 15) is 9.59 Å². The molecule has 1 aliphatic rings. The Morgan fingerprint density at radius 2 is 2.25 bits per heavy atom. The molecule has 1 fully saturated rings. The average Bonchev–Trinajstić information content (AvgIpc) is 2.55. The first-order valence-corrected chi connectivity index (χ1v) is 5.18. The molecule has 0 saturated heterocycles. The second kappa shape index (κ2) is 3.96. The lowest BCUT2D eigenvalue weighted by atomic mass is 9.85. The molecule has 86 valence electrons. The minimum absolute atomic E-state index is 0.119. The molecular formula is C10H13N3O3. The van der Waals surface area contributed by atoms with Crippen LogP contribution in [0.15, 0.2) is 6.20 Å². The molecule has 1 heterocycles. The highest BCUT2D eigenvalue weighted by Crippen LogP contribution is 2.27. The van der Waals surface area contributed by atoms with Gasteiger partial charge in [0.05, 0.1) is 0 Å². The molecule has 6 nitrogen and oxygen atoms in total. The molecule has 16 heavy (non-hydrogen) atoms. The van der Waals surface area contributed by atoms with Crippen molar-refractivity contribution in [3.05, 3.63) is 17.5 Å². The Kier molecular flexibility index (Phi) is 2.64. The highest BCUT2D eigenvalue weighted by Gasteiger charge is 2.23. The number of hydrogen-bond donors (Lipinski definition) is 2. The molecule has 1 aromatic heterocycles. The van der Waals surface area contributed by atoms with Crippen molar-refractivity contribution >= 4 is 11.9 Å². The van der Waals surface area contributed by atoms with E-state index >= 15 is 0 Å². The van der Waals surface area contributed by atoms with E-state index < -0.39 is 11.9 Å². The zero-order valence-corrected chi connectivity index (χ0v) is 8.72. The van der Waals surface area contributed by atoms with Gasteiger partial charge in [-0.2, -0.15) is 5.10 Å². The van der Waals surface area contributed by atoms with Gasteiger partial charge >= 0.3 is 5.97 Å². The SMILES string of the molecule is NC(=O)c1nn(CC2CCC2)cc1C(=O)O. The van der Waals surface area contributed by atoms with Crippen LogP contribution in [0.3, 0.4) is 0 Å². The fraction of sp³-hybridized carbons (Fsp3) is 0.500. The van der Waals surface area contributed by atoms with Crippen molar-refractivity contribution in [2.45, 2.75) is 25.8 Å². The van der Waals surface area contributed by atoms with Crippen molar-refractivity contribution in [1.82, 2.24) is 9.78 Å². The van der Waals surface area contributed by atoms with Crippen LogP contribution in [0.5, 0.6) is 0 Å². The van der Waals surface area contributed by atoms with Crippen LogP contribution in [0.1, 0.15) is 40.1 Å². The zero-order valence-electron chi connectivity index (χ0n) is 8.72. The predicted octanol–water partition coefficient (Wildman–Crippen LogP) is 0.480. The summed E-state index contributed by atoms with van der Waals surface area (Å²) in [6, 6.07) is 0. The molecule has 6 heteroatoms. The summed E-state index contributed by atoms with van der Waals surface area (Å²) in [6.45, 7) is 0.660. The van der Waals surface area contributed by atoms with Gasteiger partial charge in [-0.15, -0.1) is 0 Å². The van der Waals surface area contributed by atoms with Gasteiger partial charge in [-0.05, 0) is 18.8 Å². The number of nitrogens with zero attached hydrogens (tertiary/aromatic N) is 2. The Morgan fingerprint density at radius 1 is 1.56 bits per heavy atom. The van der Waals surface area contributed by atoms with E-state index in [4.69, 9.17) is 10.8 Å². The minimum atomic E-state index is -1.17. The second-order valence-corrected chi connectivity index (χ2v) is 4.08. The second-order valence-electron chi connectivity index (χ2n) is 4.08. The topological polar surface area (TPSA) is 98.2 Å². The number of carboxylic acids is 1. The molecule has 1 aromatic rings. The molecule has 0 unspecified atom stereocenters. The third-order valence-electron chi connectivity index (χ3n) is 2.90. The number of primary amides is 1. The fourth-order valence-corrected chi connectivity index (χ4v) is 1.79. The Hall–Kier alpha value is -1.85. The number of nitrogens with two attached hydrogens (primary N) is 1. The van der Waals surface area contributed by atoms with E-state index in [0.717, 1.165) is 12.8 Å². The summed E-state index contributed by atoms with van der Waals surface area (Å²) in [5, 5.41) is 12.8. The number of carbonyl (C=O) groups is 2. The molecule has 0 aromatic carbocycles. The molecule has 1 saturated carbocycles. The monoisotopic (exact) mass is 223 g/mol. The van der Waals surface area contributed by atoms with Gasteiger partial charge < -0.3 is 10.8 Å². The molecule has 1 amide bonds. The first-order valence-electron chi connectivity index (χ1n) is 5.18. The van der Waals surface area contributed by atoms with E-state index in [2.05, 4.69) is 5.10 Å². The van der Waals surface area contributed by atoms with Crippen LogP contribution < -0.4 is 5.73 Å². The summed E-state index contributed by atoms with van der Waals surface area (Å²) in [5.41, 5.74) is 4.79. The number of carboxylic acid groups (broad SMARTS) is 1. The highest BCUT2D eigenvalue weighted by atomic mass is 16.4. The predicted molar refractivity (Wildman–Crippen MR) is 55.0 cm³/mol. The lowest BCUT2D eigenvalue weighted by molar-refractivity contribution is 0.0692. The number of aromatic nitrogens is 2. The number of rotatable bonds is 4. The lowest BCUT2D eigenvalue weighted by Crippen LogP contribution is -2.19. The number of carbonyl (C=O) groups excluding carboxylic acids is 1. The van der Waals surface area contributed by atoms with Crippen molar-refractivity contribution in [2.24, 2.45) is 11.7 Å². The summed E-state index contributed by atoms with van der Waals surface area (Å²) >= 11 is 0. The van der Waals surface area contributed by atoms with Crippen LogP contribution in [-0.4, -0.2) is 26.8 Å². The molecule has 2 rings (SSSR count). The molecule has 0 bridgehead atoms. The normalized spacial score (nSPS) is 15.8. The first kappa shape index (κ1) is 10.7. The summed E-state index contributed by atoms with van der Waals surface area (Å²) in [6.07, 6.45) is 4.85. The summed E-state index contributed by atoms with van der Waals surface area (Å²) < 4.78 is 1.51. The van der Waals surface area contributed by atoms with Gasteiger partial charge in [-0.3, -0.25) is 9.48 Å². The Labute approximate surface area is 92.0 Å². The highest BCUT2D eigenvalue weighted by molar-refractivity contribution is 6.02. The van der Waals surface area contributed by atoms with Crippen molar-refractivity contribution in [3.8, 4) is 0 Å². The Morgan fingerprint density at radius 3 is 2.62 bits per heavy atom. The van der Waals surface area contributed by atoms with Gasteiger partial charge in [0, 0.05) is 12.7 Å². The van der Waals surface area contributed by atoms with Gasteiger partial charge in [0.2, 0.25) is 0 Å². The molecule has 0 aliphatic heterocycles. The van der Waals surface area contributed by atoms with Gasteiger partial charge in [-0.1, -0.05) is 6.42 Å². The lowest BCUT2D eigenvalue weighted by Gasteiger charge is -2.24. The van der Waals surface area contributed by atoms with Gasteiger partial charge in [0.25, 0.3) is 5.91 Å². The third-order valence-corrected chi connectivity index (χ3v) is 2.90. The van der Waals surface area contributed by atoms with Crippen LogP contribution in [-0.2, 0) is 6.54 Å². The van der Waals surface area contributed by atoms with Crippen LogP contribution in [0.2, 0.25) is 0 Å². The molecule has 3 N–H and O–H groups in total. The zero-order chi connectivity index (χ0) is 11.7. The number of amides is 1. The van der Waals surface area contributed by atoms with Crippen LogP contribution in [0.4, 0.5) is 0 Å². The van der Waals surface area contributed by atoms with Crippen molar-refractivity contribution in [2.75, 3.05) is 0 Å². The standard InChI is InChI=1S/C10H13N3O3/c11-9(14)8-7(10(15)16)5-13(12-8)4-6-2-1-3-6/h5-6H,1-4H2,(H2,11,14)(H,15,16). The molecule has 0 radical (unpaired) electrons. The van der Waals surface area contributed by atoms with E-state index in [1.807, 2.05) is 0 Å². The van der Waals surface area contributed by atoms with E-state index in [1.54, 1.807) is 0 Å². The van der Waals surface area contributed by atoms with Crippen LogP contribution in [0.25, 0.3) is 0 Å². The molecular weight excluding hydrogens is 210 g/mol. The Balaban J connectivity index is 2.23. The van der Waals surface area contributed by atoms with Crippen LogP contribution in [0, 0.1) is 5.92 Å². The summed E-state index contributed by atoms with van der Waals surface area (Å²) in [5.74, 6) is -1.43. The molecule has 0 spiro atoms. The molecule has 1 aliphatic carbocycles. The summed E-state index contributed by atoms with van der Waals surface area (Å²) in [4.78, 5) is 21.8. The van der Waals surface area contributed by atoms with Gasteiger partial charge in [0.1, 0.15) is 5.56 Å². The van der Waals surface area contributed by atoms with Crippen LogP contribution >= 0.6 is 0 Å². The largest absolute Gasteiger partial charge is 0.478 e. The first-order chi connectivity index (χ1) is 7.58. The van der Waals surface area contributed by atoms with Crippen molar-refractivity contribution in [3.63, 3.8) is 0 Å². The molecule has 0 atom stereocenters. The van der Waals surface area contributed by atoms with E-state index in [0.29, 0.717) is 12.5 Å². The Bertz CT molecular complexity index is 403. The maximum atomic E-state index is 11.0.